The van der Waals surface area contributed by atoms with E-state index in [9.17, 15) is 14.9 Å². The van der Waals surface area contributed by atoms with Gasteiger partial charge >= 0.3 is 5.63 Å². The minimum absolute atomic E-state index is 0.0136. The first-order valence-electron chi connectivity index (χ1n) is 6.20. The molecule has 1 aromatic carbocycles. The number of hydrogen-bond donors (Lipinski definition) is 1. The van der Waals surface area contributed by atoms with Crippen molar-refractivity contribution in [2.45, 2.75) is 19.8 Å². The van der Waals surface area contributed by atoms with Gasteiger partial charge in [-0.2, -0.15) is 0 Å². The minimum atomic E-state index is -0.579. The number of anilines is 1. The highest BCUT2D eigenvalue weighted by molar-refractivity contribution is 5.62. The summed E-state index contributed by atoms with van der Waals surface area (Å²) < 4.78 is 5.13. The monoisotopic (exact) mass is 274 g/mol. The van der Waals surface area contributed by atoms with Crippen LogP contribution in [0.3, 0.4) is 0 Å². The average Bonchev–Trinajstić information content (AvgIpc) is 2.44. The lowest BCUT2D eigenvalue weighted by Crippen LogP contribution is -2.10. The molecule has 6 heteroatoms. The van der Waals surface area contributed by atoms with Crippen molar-refractivity contribution in [2.24, 2.45) is 0 Å². The Balaban J connectivity index is 2.47. The smallest absolute Gasteiger partial charge is 0.359 e. The molecule has 0 aliphatic carbocycles. The molecule has 2 rings (SSSR count). The van der Waals surface area contributed by atoms with Crippen LogP contribution in [0.5, 0.6) is 0 Å². The zero-order valence-electron chi connectivity index (χ0n) is 11.0. The summed E-state index contributed by atoms with van der Waals surface area (Å²) in [4.78, 5) is 21.8. The van der Waals surface area contributed by atoms with Crippen LogP contribution in [0.25, 0.3) is 11.3 Å². The summed E-state index contributed by atoms with van der Waals surface area (Å²) >= 11 is 0. The topological polar surface area (TPSA) is 99.4 Å². The van der Waals surface area contributed by atoms with Gasteiger partial charge in [-0.1, -0.05) is 13.3 Å². The summed E-state index contributed by atoms with van der Waals surface area (Å²) in [5.41, 5.74) is 6.55. The summed E-state index contributed by atoms with van der Waals surface area (Å²) in [5, 5.41) is 10.6. The molecule has 0 fully saturated rings. The maximum Gasteiger partial charge on any atom is 0.359 e. The van der Waals surface area contributed by atoms with Gasteiger partial charge < -0.3 is 10.2 Å². The van der Waals surface area contributed by atoms with E-state index in [0.29, 0.717) is 17.7 Å². The second kappa shape index (κ2) is 5.56. The van der Waals surface area contributed by atoms with Crippen molar-refractivity contribution in [3.63, 3.8) is 0 Å². The van der Waals surface area contributed by atoms with Crippen LogP contribution in [0.15, 0.2) is 39.5 Å². The molecule has 0 saturated heterocycles. The Morgan fingerprint density at radius 3 is 2.50 bits per heavy atom. The zero-order valence-corrected chi connectivity index (χ0v) is 11.0. The second-order valence-electron chi connectivity index (χ2n) is 4.39. The SMILES string of the molecule is CCCc1cc(-c2ccc([N+](=O)[O-])cc2)oc(=O)c1N. The van der Waals surface area contributed by atoms with Gasteiger partial charge in [0.15, 0.2) is 0 Å². The van der Waals surface area contributed by atoms with Crippen LogP contribution in [0, 0.1) is 10.1 Å². The Labute approximate surface area is 115 Å². The molecular weight excluding hydrogens is 260 g/mol. The third kappa shape index (κ3) is 2.69. The normalized spacial score (nSPS) is 10.4. The molecular formula is C14H14N2O4. The van der Waals surface area contributed by atoms with Crippen molar-refractivity contribution in [1.29, 1.82) is 0 Å². The Hall–Kier alpha value is -2.63. The maximum atomic E-state index is 11.7. The van der Waals surface area contributed by atoms with Crippen molar-refractivity contribution in [3.8, 4) is 11.3 Å². The molecule has 2 aromatic rings. The molecule has 0 amide bonds. The number of hydrogen-bond acceptors (Lipinski definition) is 5. The van der Waals surface area contributed by atoms with Crippen LogP contribution in [0.4, 0.5) is 11.4 Å². The Kier molecular flexibility index (Phi) is 3.84. The lowest BCUT2D eigenvalue weighted by molar-refractivity contribution is -0.384. The third-order valence-corrected chi connectivity index (χ3v) is 2.96. The van der Waals surface area contributed by atoms with Crippen molar-refractivity contribution >= 4 is 11.4 Å². The summed E-state index contributed by atoms with van der Waals surface area (Å²) in [5.74, 6) is 0.363. The van der Waals surface area contributed by atoms with Gasteiger partial charge in [0.05, 0.1) is 4.92 Å². The molecule has 0 unspecified atom stereocenters. The summed E-state index contributed by atoms with van der Waals surface area (Å²) in [7, 11) is 0. The van der Waals surface area contributed by atoms with Crippen LogP contribution in [-0.2, 0) is 6.42 Å². The fraction of sp³-hybridized carbons (Fsp3) is 0.214. The van der Waals surface area contributed by atoms with E-state index in [1.54, 1.807) is 18.2 Å². The van der Waals surface area contributed by atoms with E-state index in [4.69, 9.17) is 10.2 Å². The van der Waals surface area contributed by atoms with E-state index >= 15 is 0 Å². The molecule has 2 N–H and O–H groups in total. The molecule has 104 valence electrons. The number of nitro groups is 1. The number of benzene rings is 1. The van der Waals surface area contributed by atoms with Gasteiger partial charge in [-0.25, -0.2) is 4.79 Å². The highest BCUT2D eigenvalue weighted by Crippen LogP contribution is 2.24. The highest BCUT2D eigenvalue weighted by atomic mass is 16.6. The van der Waals surface area contributed by atoms with Gasteiger partial charge in [0.25, 0.3) is 5.69 Å². The summed E-state index contributed by atoms with van der Waals surface area (Å²) in [6, 6.07) is 7.53. The van der Waals surface area contributed by atoms with E-state index in [-0.39, 0.29) is 11.4 Å². The van der Waals surface area contributed by atoms with Crippen LogP contribution in [0.1, 0.15) is 18.9 Å². The molecule has 0 aliphatic heterocycles. The Bertz CT molecular complexity index is 689. The van der Waals surface area contributed by atoms with E-state index in [2.05, 4.69) is 0 Å². The molecule has 0 spiro atoms. The van der Waals surface area contributed by atoms with Crippen LogP contribution >= 0.6 is 0 Å². The van der Waals surface area contributed by atoms with Crippen LogP contribution in [-0.4, -0.2) is 4.92 Å². The van der Waals surface area contributed by atoms with Crippen molar-refractivity contribution in [3.05, 3.63) is 56.4 Å². The summed E-state index contributed by atoms with van der Waals surface area (Å²) in [6.45, 7) is 1.99. The lowest BCUT2D eigenvalue weighted by atomic mass is 10.1. The lowest BCUT2D eigenvalue weighted by Gasteiger charge is -2.06. The fourth-order valence-corrected chi connectivity index (χ4v) is 1.92. The van der Waals surface area contributed by atoms with Gasteiger partial charge in [-0.3, -0.25) is 10.1 Å². The molecule has 0 aliphatic rings. The minimum Gasteiger partial charge on any atom is -0.421 e. The molecule has 1 aromatic heterocycles. The van der Waals surface area contributed by atoms with E-state index in [0.717, 1.165) is 12.0 Å². The van der Waals surface area contributed by atoms with E-state index < -0.39 is 10.5 Å². The molecule has 1 heterocycles. The number of rotatable bonds is 4. The molecule has 0 bridgehead atoms. The number of aryl methyl sites for hydroxylation is 1. The van der Waals surface area contributed by atoms with Gasteiger partial charge in [0.2, 0.25) is 0 Å². The van der Waals surface area contributed by atoms with Crippen LogP contribution < -0.4 is 11.4 Å². The van der Waals surface area contributed by atoms with Gasteiger partial charge in [0, 0.05) is 17.7 Å². The van der Waals surface area contributed by atoms with Crippen LogP contribution in [0.2, 0.25) is 0 Å². The predicted octanol–water partition coefficient (Wildman–Crippen LogP) is 2.75. The van der Waals surface area contributed by atoms with Gasteiger partial charge in [-0.05, 0) is 30.2 Å². The number of nitrogens with zero attached hydrogens (tertiary/aromatic N) is 1. The molecule has 0 atom stereocenters. The fourth-order valence-electron chi connectivity index (χ4n) is 1.92. The Morgan fingerprint density at radius 1 is 1.30 bits per heavy atom. The first kappa shape index (κ1) is 13.8. The second-order valence-corrected chi connectivity index (χ2v) is 4.39. The maximum absolute atomic E-state index is 11.7. The largest absolute Gasteiger partial charge is 0.421 e. The number of non-ortho nitro benzene ring substituents is 1. The number of nitro benzene ring substituents is 1. The zero-order chi connectivity index (χ0) is 14.7. The summed E-state index contributed by atoms with van der Waals surface area (Å²) in [6.07, 6.45) is 1.53. The molecule has 20 heavy (non-hydrogen) atoms. The molecule has 0 radical (unpaired) electrons. The van der Waals surface area contributed by atoms with Crippen molar-refractivity contribution < 1.29 is 9.34 Å². The quantitative estimate of drug-likeness (QED) is 0.682. The number of nitrogens with two attached hydrogens (primary N) is 1. The van der Waals surface area contributed by atoms with Gasteiger partial charge in [-0.15, -0.1) is 0 Å². The first-order valence-corrected chi connectivity index (χ1v) is 6.20. The average molecular weight is 274 g/mol. The van der Waals surface area contributed by atoms with Crippen molar-refractivity contribution in [1.82, 2.24) is 0 Å². The first-order chi connectivity index (χ1) is 9.52. The van der Waals surface area contributed by atoms with Gasteiger partial charge in [0.1, 0.15) is 11.4 Å². The van der Waals surface area contributed by atoms with Crippen molar-refractivity contribution in [2.75, 3.05) is 5.73 Å². The third-order valence-electron chi connectivity index (χ3n) is 2.96. The standard InChI is InChI=1S/C14H14N2O4/c1-2-3-10-8-12(20-14(17)13(10)15)9-4-6-11(7-5-9)16(18)19/h4-8H,2-3,15H2,1H3. The van der Waals surface area contributed by atoms with E-state index in [1.807, 2.05) is 6.92 Å². The number of nitrogen functional groups attached to an aromatic ring is 1. The van der Waals surface area contributed by atoms with E-state index in [1.165, 1.54) is 12.1 Å². The highest BCUT2D eigenvalue weighted by Gasteiger charge is 2.11. The predicted molar refractivity (Wildman–Crippen MR) is 75.5 cm³/mol. The Morgan fingerprint density at radius 2 is 1.95 bits per heavy atom. The molecule has 6 nitrogen and oxygen atoms in total. The molecule has 0 saturated carbocycles.